The van der Waals surface area contributed by atoms with Gasteiger partial charge in [0.15, 0.2) is 5.78 Å². The number of rotatable bonds is 11. The van der Waals surface area contributed by atoms with Crippen LogP contribution in [-0.2, 0) is 16.0 Å². The van der Waals surface area contributed by atoms with Crippen LogP contribution in [0.1, 0.15) is 140 Å². The van der Waals surface area contributed by atoms with Gasteiger partial charge < -0.3 is 4.74 Å². The largest absolute Gasteiger partial charge is 0.462 e. The first-order chi connectivity index (χ1) is 22.1. The van der Waals surface area contributed by atoms with E-state index in [-0.39, 0.29) is 17.9 Å². The van der Waals surface area contributed by atoms with Gasteiger partial charge in [-0.1, -0.05) is 108 Å². The fraction of sp³-hybridized carbons (Fsp3) is 0.674. The van der Waals surface area contributed by atoms with Crippen LogP contribution in [-0.4, -0.2) is 17.9 Å². The SMILES string of the molecule is CC(C)CCC[C@@H](C)[C@H]1CC[C@H]2[C@@H]3CC[C@H]4C[C@H](OC(=O)CCc5ccc(C(=O)c6ccccc6)cc5)CC[C@]4(C)[C@H]3CC[C@]12C. The number of carbonyl (C=O) groups excluding carboxylic acids is 2. The standard InChI is InChI=1S/C43H60O3/c1-29(2)10-9-11-30(3)37-21-22-38-36-20-19-34-28-35(24-26-42(34,4)39(36)25-27-43(37,38)5)46-40(44)23-16-31-14-17-33(18-15-31)41(45)32-12-7-6-8-13-32/h6-8,12-15,17-18,29-30,34-39H,9-11,16,19-28H2,1-5H3/t30-,34+,35-,36+,37-,38+,39+,42+,43-/m1/s1. The van der Waals surface area contributed by atoms with E-state index in [1.54, 1.807) is 0 Å². The van der Waals surface area contributed by atoms with Crippen LogP contribution in [0.2, 0.25) is 0 Å². The average molecular weight is 625 g/mol. The molecule has 0 aromatic heterocycles. The van der Waals surface area contributed by atoms with Crippen molar-refractivity contribution in [1.29, 1.82) is 0 Å². The van der Waals surface area contributed by atoms with E-state index in [4.69, 9.17) is 4.74 Å². The van der Waals surface area contributed by atoms with Crippen molar-refractivity contribution in [2.45, 2.75) is 131 Å². The Balaban J connectivity index is 0.991. The van der Waals surface area contributed by atoms with Gasteiger partial charge in [0.1, 0.15) is 6.10 Å². The Morgan fingerprint density at radius 1 is 0.783 bits per heavy atom. The van der Waals surface area contributed by atoms with Gasteiger partial charge in [-0.05, 0) is 122 Å². The number of fused-ring (bicyclic) bond motifs is 5. The third kappa shape index (κ3) is 6.77. The second-order valence-corrected chi connectivity index (χ2v) is 17.0. The Morgan fingerprint density at radius 2 is 1.48 bits per heavy atom. The first-order valence-electron chi connectivity index (χ1n) is 19.0. The molecule has 0 saturated heterocycles. The van der Waals surface area contributed by atoms with Gasteiger partial charge in [-0.2, -0.15) is 0 Å². The molecule has 3 nitrogen and oxygen atoms in total. The van der Waals surface area contributed by atoms with Crippen molar-refractivity contribution in [3.63, 3.8) is 0 Å². The number of benzene rings is 2. The zero-order valence-corrected chi connectivity index (χ0v) is 29.4. The molecule has 0 aliphatic heterocycles. The summed E-state index contributed by atoms with van der Waals surface area (Å²) in [7, 11) is 0. The molecule has 0 unspecified atom stereocenters. The molecule has 3 heteroatoms. The van der Waals surface area contributed by atoms with Crippen LogP contribution in [0.15, 0.2) is 54.6 Å². The van der Waals surface area contributed by atoms with Gasteiger partial charge in [0.05, 0.1) is 0 Å². The number of aryl methyl sites for hydroxylation is 1. The van der Waals surface area contributed by atoms with Crippen molar-refractivity contribution in [2.24, 2.45) is 52.3 Å². The quantitative estimate of drug-likeness (QED) is 0.184. The number of esters is 1. The van der Waals surface area contributed by atoms with E-state index < -0.39 is 0 Å². The van der Waals surface area contributed by atoms with Crippen molar-refractivity contribution in [3.05, 3.63) is 71.3 Å². The third-order valence-electron chi connectivity index (χ3n) is 14.0. The Hall–Kier alpha value is -2.42. The second kappa shape index (κ2) is 14.0. The monoisotopic (exact) mass is 624 g/mol. The van der Waals surface area contributed by atoms with Crippen molar-refractivity contribution in [1.82, 2.24) is 0 Å². The zero-order valence-electron chi connectivity index (χ0n) is 29.4. The van der Waals surface area contributed by atoms with Crippen molar-refractivity contribution in [2.75, 3.05) is 0 Å². The minimum Gasteiger partial charge on any atom is -0.462 e. The predicted molar refractivity (Wildman–Crippen MR) is 188 cm³/mol. The predicted octanol–water partition coefficient (Wildman–Crippen LogP) is 10.9. The van der Waals surface area contributed by atoms with Gasteiger partial charge in [-0.3, -0.25) is 9.59 Å². The van der Waals surface area contributed by atoms with Crippen LogP contribution < -0.4 is 0 Å². The maximum Gasteiger partial charge on any atom is 0.306 e. The number of carbonyl (C=O) groups is 2. The topological polar surface area (TPSA) is 43.4 Å². The van der Waals surface area contributed by atoms with E-state index in [0.717, 1.165) is 53.9 Å². The van der Waals surface area contributed by atoms with E-state index in [0.29, 0.717) is 40.7 Å². The molecule has 4 aliphatic carbocycles. The summed E-state index contributed by atoms with van der Waals surface area (Å²) < 4.78 is 6.14. The molecule has 4 aliphatic rings. The zero-order chi connectivity index (χ0) is 32.5. The molecular weight excluding hydrogens is 564 g/mol. The summed E-state index contributed by atoms with van der Waals surface area (Å²) in [5.41, 5.74) is 3.40. The lowest BCUT2D eigenvalue weighted by molar-refractivity contribution is -0.162. The fourth-order valence-corrected chi connectivity index (χ4v) is 11.4. The lowest BCUT2D eigenvalue weighted by Gasteiger charge is -2.61. The van der Waals surface area contributed by atoms with E-state index in [2.05, 4.69) is 34.6 Å². The molecule has 9 atom stereocenters. The van der Waals surface area contributed by atoms with Gasteiger partial charge in [-0.15, -0.1) is 0 Å². The molecule has 0 spiro atoms. The molecular formula is C43H60O3. The van der Waals surface area contributed by atoms with E-state index in [1.807, 2.05) is 54.6 Å². The molecule has 0 bridgehead atoms. The maximum absolute atomic E-state index is 13.0. The van der Waals surface area contributed by atoms with Crippen molar-refractivity contribution in [3.8, 4) is 0 Å². The summed E-state index contributed by atoms with van der Waals surface area (Å²) in [5.74, 6) is 5.93. The average Bonchev–Trinajstić information content (AvgIpc) is 3.41. The molecule has 6 rings (SSSR count). The van der Waals surface area contributed by atoms with Gasteiger partial charge in [-0.25, -0.2) is 0 Å². The van der Waals surface area contributed by atoms with Crippen molar-refractivity contribution < 1.29 is 14.3 Å². The minimum atomic E-state index is -0.0697. The Labute approximate surface area is 279 Å². The normalized spacial score (nSPS) is 34.3. The molecule has 0 amide bonds. The smallest absolute Gasteiger partial charge is 0.306 e. The third-order valence-corrected chi connectivity index (χ3v) is 14.0. The summed E-state index contributed by atoms with van der Waals surface area (Å²) in [6.07, 6.45) is 17.1. The van der Waals surface area contributed by atoms with E-state index >= 15 is 0 Å². The minimum absolute atomic E-state index is 0.0293. The summed E-state index contributed by atoms with van der Waals surface area (Å²) in [6, 6.07) is 17.1. The maximum atomic E-state index is 13.0. The van der Waals surface area contributed by atoms with E-state index in [1.165, 1.54) is 64.2 Å². The first-order valence-corrected chi connectivity index (χ1v) is 19.0. The summed E-state index contributed by atoms with van der Waals surface area (Å²) >= 11 is 0. The van der Waals surface area contributed by atoms with Crippen LogP contribution in [0.4, 0.5) is 0 Å². The van der Waals surface area contributed by atoms with Crippen LogP contribution in [0, 0.1) is 52.3 Å². The highest BCUT2D eigenvalue weighted by molar-refractivity contribution is 6.08. The second-order valence-electron chi connectivity index (χ2n) is 17.0. The number of hydrogen-bond donors (Lipinski definition) is 0. The Morgan fingerprint density at radius 3 is 2.22 bits per heavy atom. The number of ether oxygens (including phenoxy) is 1. The number of ketones is 1. The first kappa shape index (κ1) is 33.5. The number of hydrogen-bond acceptors (Lipinski definition) is 3. The molecule has 4 fully saturated rings. The van der Waals surface area contributed by atoms with Crippen LogP contribution in [0.5, 0.6) is 0 Å². The van der Waals surface area contributed by atoms with Crippen molar-refractivity contribution >= 4 is 11.8 Å². The van der Waals surface area contributed by atoms with Crippen LogP contribution in [0.3, 0.4) is 0 Å². The fourth-order valence-electron chi connectivity index (χ4n) is 11.4. The van der Waals surface area contributed by atoms with Gasteiger partial charge in [0.2, 0.25) is 0 Å². The highest BCUT2D eigenvalue weighted by Gasteiger charge is 2.60. The summed E-state index contributed by atoms with van der Waals surface area (Å²) in [4.78, 5) is 25.7. The molecule has 0 radical (unpaired) electrons. The lowest BCUT2D eigenvalue weighted by atomic mass is 9.44. The highest BCUT2D eigenvalue weighted by Crippen LogP contribution is 2.68. The molecule has 0 heterocycles. The highest BCUT2D eigenvalue weighted by atomic mass is 16.5. The molecule has 46 heavy (non-hydrogen) atoms. The van der Waals surface area contributed by atoms with Gasteiger partial charge in [0, 0.05) is 17.5 Å². The van der Waals surface area contributed by atoms with Crippen LogP contribution >= 0.6 is 0 Å². The van der Waals surface area contributed by atoms with Gasteiger partial charge >= 0.3 is 5.97 Å². The molecule has 4 saturated carbocycles. The lowest BCUT2D eigenvalue weighted by Crippen LogP contribution is -2.54. The Bertz CT molecular complexity index is 1330. The van der Waals surface area contributed by atoms with E-state index in [9.17, 15) is 9.59 Å². The molecule has 250 valence electrons. The van der Waals surface area contributed by atoms with Gasteiger partial charge in [0.25, 0.3) is 0 Å². The summed E-state index contributed by atoms with van der Waals surface area (Å²) in [5, 5.41) is 0. The summed E-state index contributed by atoms with van der Waals surface area (Å²) in [6.45, 7) is 12.6. The van der Waals surface area contributed by atoms with Crippen LogP contribution in [0.25, 0.3) is 0 Å². The molecule has 2 aromatic rings. The Kier molecular flexibility index (Phi) is 10.2. The molecule has 0 N–H and O–H groups in total. The molecule has 2 aromatic carbocycles.